The van der Waals surface area contributed by atoms with Gasteiger partial charge in [-0.25, -0.2) is 0 Å². The van der Waals surface area contributed by atoms with Crippen LogP contribution in [0.15, 0.2) is 59.5 Å². The molecule has 0 aromatic heterocycles. The summed E-state index contributed by atoms with van der Waals surface area (Å²) in [6.07, 6.45) is 2.19. The molecule has 5 heteroatoms. The third kappa shape index (κ3) is 4.67. The summed E-state index contributed by atoms with van der Waals surface area (Å²) in [5.41, 5.74) is 1.75. The van der Waals surface area contributed by atoms with Gasteiger partial charge in [0.2, 0.25) is 5.91 Å². The van der Waals surface area contributed by atoms with Crippen LogP contribution >= 0.6 is 11.8 Å². The first kappa shape index (κ1) is 18.5. The summed E-state index contributed by atoms with van der Waals surface area (Å²) in [5.74, 6) is 0.519. The van der Waals surface area contributed by atoms with Crippen LogP contribution in [0.5, 0.6) is 0 Å². The van der Waals surface area contributed by atoms with Crippen molar-refractivity contribution in [3.63, 3.8) is 0 Å². The molecule has 26 heavy (non-hydrogen) atoms. The molecule has 1 saturated heterocycles. The number of benzene rings is 2. The lowest BCUT2D eigenvalue weighted by Crippen LogP contribution is -2.29. The van der Waals surface area contributed by atoms with Crippen LogP contribution in [-0.4, -0.2) is 47.5 Å². The van der Waals surface area contributed by atoms with Gasteiger partial charge in [0.1, 0.15) is 0 Å². The molecule has 1 aliphatic rings. The highest BCUT2D eigenvalue weighted by atomic mass is 32.2. The molecule has 1 heterocycles. The Morgan fingerprint density at radius 2 is 1.65 bits per heavy atom. The minimum Gasteiger partial charge on any atom is -0.342 e. The largest absolute Gasteiger partial charge is 0.342 e. The van der Waals surface area contributed by atoms with Crippen LogP contribution in [0.3, 0.4) is 0 Å². The standard InChI is InChI=1S/C21H24N2O2S/c1-22(15-17-9-3-2-4-10-17)21(25)18-11-5-6-12-19(18)26-16-20(24)23-13-7-8-14-23/h2-6,9-12H,7-8,13-16H2,1H3. The Labute approximate surface area is 159 Å². The summed E-state index contributed by atoms with van der Waals surface area (Å²) < 4.78 is 0. The topological polar surface area (TPSA) is 40.6 Å². The van der Waals surface area contributed by atoms with Crippen molar-refractivity contribution in [3.8, 4) is 0 Å². The summed E-state index contributed by atoms with van der Waals surface area (Å²) in [5, 5.41) is 0. The van der Waals surface area contributed by atoms with Crippen LogP contribution in [0, 0.1) is 0 Å². The van der Waals surface area contributed by atoms with Gasteiger partial charge in [0, 0.05) is 31.6 Å². The summed E-state index contributed by atoms with van der Waals surface area (Å²) in [6.45, 7) is 2.28. The molecule has 0 unspecified atom stereocenters. The zero-order valence-electron chi connectivity index (χ0n) is 15.1. The molecule has 0 atom stereocenters. The van der Waals surface area contributed by atoms with E-state index in [0.29, 0.717) is 17.9 Å². The van der Waals surface area contributed by atoms with E-state index in [1.165, 1.54) is 11.8 Å². The van der Waals surface area contributed by atoms with E-state index in [2.05, 4.69) is 0 Å². The number of carbonyl (C=O) groups excluding carboxylic acids is 2. The molecular formula is C21H24N2O2S. The molecule has 1 aliphatic heterocycles. The van der Waals surface area contributed by atoms with E-state index in [4.69, 9.17) is 0 Å². The van der Waals surface area contributed by atoms with Crippen molar-refractivity contribution < 1.29 is 9.59 Å². The highest BCUT2D eigenvalue weighted by Gasteiger charge is 2.20. The number of rotatable bonds is 6. The number of hydrogen-bond donors (Lipinski definition) is 0. The summed E-state index contributed by atoms with van der Waals surface area (Å²) >= 11 is 1.46. The Hall–Kier alpha value is -2.27. The molecule has 0 saturated carbocycles. The Morgan fingerprint density at radius 1 is 1.00 bits per heavy atom. The SMILES string of the molecule is CN(Cc1ccccc1)C(=O)c1ccccc1SCC(=O)N1CCCC1. The van der Waals surface area contributed by atoms with Gasteiger partial charge in [-0.1, -0.05) is 42.5 Å². The van der Waals surface area contributed by atoms with Gasteiger partial charge in [0.25, 0.3) is 5.91 Å². The van der Waals surface area contributed by atoms with Gasteiger partial charge in [-0.15, -0.1) is 11.8 Å². The third-order valence-electron chi connectivity index (χ3n) is 4.54. The second kappa shape index (κ2) is 8.90. The van der Waals surface area contributed by atoms with Gasteiger partial charge in [-0.2, -0.15) is 0 Å². The van der Waals surface area contributed by atoms with Crippen LogP contribution in [0.1, 0.15) is 28.8 Å². The van der Waals surface area contributed by atoms with E-state index in [9.17, 15) is 9.59 Å². The van der Waals surface area contributed by atoms with E-state index in [1.807, 2.05) is 66.5 Å². The normalized spacial score (nSPS) is 13.7. The fourth-order valence-electron chi connectivity index (χ4n) is 3.10. The number of nitrogens with zero attached hydrogens (tertiary/aromatic N) is 2. The Balaban J connectivity index is 1.65. The zero-order valence-corrected chi connectivity index (χ0v) is 15.9. The number of hydrogen-bond acceptors (Lipinski definition) is 3. The second-order valence-corrected chi connectivity index (χ2v) is 7.54. The van der Waals surface area contributed by atoms with Gasteiger partial charge >= 0.3 is 0 Å². The van der Waals surface area contributed by atoms with Gasteiger partial charge in [0.05, 0.1) is 11.3 Å². The van der Waals surface area contributed by atoms with E-state index in [1.54, 1.807) is 4.90 Å². The molecule has 0 spiro atoms. The van der Waals surface area contributed by atoms with Crippen molar-refractivity contribution in [2.45, 2.75) is 24.3 Å². The summed E-state index contributed by atoms with van der Waals surface area (Å²) in [6, 6.07) is 17.5. The zero-order chi connectivity index (χ0) is 18.4. The molecule has 136 valence electrons. The first-order chi connectivity index (χ1) is 12.6. The Kier molecular flexibility index (Phi) is 6.34. The van der Waals surface area contributed by atoms with Crippen molar-refractivity contribution in [2.24, 2.45) is 0 Å². The monoisotopic (exact) mass is 368 g/mol. The third-order valence-corrected chi connectivity index (χ3v) is 5.59. The molecule has 0 aliphatic carbocycles. The summed E-state index contributed by atoms with van der Waals surface area (Å²) in [4.78, 5) is 29.7. The number of thioether (sulfide) groups is 1. The maximum atomic E-state index is 12.9. The van der Waals surface area contributed by atoms with Gasteiger partial charge in [-0.05, 0) is 30.5 Å². The molecule has 2 aromatic rings. The van der Waals surface area contributed by atoms with Crippen molar-refractivity contribution in [2.75, 3.05) is 25.9 Å². The lowest BCUT2D eigenvalue weighted by Gasteiger charge is -2.19. The van der Waals surface area contributed by atoms with Gasteiger partial charge in [-0.3, -0.25) is 9.59 Å². The molecule has 3 rings (SSSR count). The predicted octanol–water partition coefficient (Wildman–Crippen LogP) is 3.67. The number of amides is 2. The fraction of sp³-hybridized carbons (Fsp3) is 0.333. The average Bonchev–Trinajstić information content (AvgIpc) is 3.21. The molecule has 0 bridgehead atoms. The minimum absolute atomic E-state index is 0.0226. The highest BCUT2D eigenvalue weighted by molar-refractivity contribution is 8.00. The van der Waals surface area contributed by atoms with E-state index in [0.717, 1.165) is 36.4 Å². The van der Waals surface area contributed by atoms with E-state index >= 15 is 0 Å². The summed E-state index contributed by atoms with van der Waals surface area (Å²) in [7, 11) is 1.81. The lowest BCUT2D eigenvalue weighted by atomic mass is 10.1. The minimum atomic E-state index is -0.0226. The lowest BCUT2D eigenvalue weighted by molar-refractivity contribution is -0.127. The van der Waals surface area contributed by atoms with Crippen LogP contribution in [0.4, 0.5) is 0 Å². The quantitative estimate of drug-likeness (QED) is 0.731. The van der Waals surface area contributed by atoms with Gasteiger partial charge < -0.3 is 9.80 Å². The maximum Gasteiger partial charge on any atom is 0.255 e. The predicted molar refractivity (Wildman–Crippen MR) is 105 cm³/mol. The Bertz CT molecular complexity index is 758. The first-order valence-electron chi connectivity index (χ1n) is 8.94. The average molecular weight is 369 g/mol. The second-order valence-electron chi connectivity index (χ2n) is 6.52. The van der Waals surface area contributed by atoms with Gasteiger partial charge in [0.15, 0.2) is 0 Å². The van der Waals surface area contributed by atoms with E-state index < -0.39 is 0 Å². The molecule has 2 aromatic carbocycles. The van der Waals surface area contributed by atoms with Crippen molar-refractivity contribution >= 4 is 23.6 Å². The first-order valence-corrected chi connectivity index (χ1v) is 9.92. The van der Waals surface area contributed by atoms with Crippen molar-refractivity contribution in [1.29, 1.82) is 0 Å². The van der Waals surface area contributed by atoms with Crippen LogP contribution in [0.25, 0.3) is 0 Å². The van der Waals surface area contributed by atoms with E-state index in [-0.39, 0.29) is 11.8 Å². The Morgan fingerprint density at radius 3 is 2.38 bits per heavy atom. The van der Waals surface area contributed by atoms with Crippen LogP contribution < -0.4 is 0 Å². The maximum absolute atomic E-state index is 12.9. The fourth-order valence-corrected chi connectivity index (χ4v) is 4.05. The number of carbonyl (C=O) groups is 2. The highest BCUT2D eigenvalue weighted by Crippen LogP contribution is 2.25. The molecule has 1 fully saturated rings. The molecule has 2 amide bonds. The number of likely N-dealkylation sites (tertiary alicyclic amines) is 1. The van der Waals surface area contributed by atoms with Crippen LogP contribution in [0.2, 0.25) is 0 Å². The molecular weight excluding hydrogens is 344 g/mol. The smallest absolute Gasteiger partial charge is 0.255 e. The van der Waals surface area contributed by atoms with Crippen LogP contribution in [-0.2, 0) is 11.3 Å². The molecule has 4 nitrogen and oxygen atoms in total. The molecule has 0 N–H and O–H groups in total. The van der Waals surface area contributed by atoms with Crippen molar-refractivity contribution in [1.82, 2.24) is 9.80 Å². The van der Waals surface area contributed by atoms with Crippen molar-refractivity contribution in [3.05, 3.63) is 65.7 Å². The molecule has 0 radical (unpaired) electrons.